The third kappa shape index (κ3) is 2.93. The number of benzene rings is 1. The molecule has 7 heteroatoms. The van der Waals surface area contributed by atoms with Gasteiger partial charge in [-0.15, -0.1) is 0 Å². The molecule has 6 nitrogen and oxygen atoms in total. The fourth-order valence-electron chi connectivity index (χ4n) is 1.72. The Morgan fingerprint density at radius 2 is 2.20 bits per heavy atom. The highest BCUT2D eigenvalue weighted by Gasteiger charge is 2.26. The third-order valence-electron chi connectivity index (χ3n) is 2.89. The number of hydrogen-bond donors (Lipinski definition) is 1. The number of aryl methyl sites for hydroxylation is 1. The zero-order valence-electron chi connectivity index (χ0n) is 10.8. The summed E-state index contributed by atoms with van der Waals surface area (Å²) in [5, 5.41) is 2.46. The molecule has 0 aliphatic carbocycles. The topological polar surface area (TPSA) is 75.7 Å². The summed E-state index contributed by atoms with van der Waals surface area (Å²) < 4.78 is 18.1. The predicted molar refractivity (Wildman–Crippen MR) is 66.5 cm³/mol. The third-order valence-corrected chi connectivity index (χ3v) is 2.89. The molecule has 1 N–H and O–H groups in total. The fourth-order valence-corrected chi connectivity index (χ4v) is 1.72. The molecular weight excluding hydrogens is 267 g/mol. The zero-order chi connectivity index (χ0) is 14.7. The molecule has 1 saturated heterocycles. The van der Waals surface area contributed by atoms with E-state index in [-0.39, 0.29) is 12.1 Å². The van der Waals surface area contributed by atoms with E-state index in [9.17, 15) is 18.8 Å². The van der Waals surface area contributed by atoms with Crippen LogP contribution in [0.2, 0.25) is 0 Å². The number of rotatable bonds is 3. The second kappa shape index (κ2) is 5.68. The highest BCUT2D eigenvalue weighted by molar-refractivity contribution is 5.98. The molecule has 0 unspecified atom stereocenters. The van der Waals surface area contributed by atoms with Crippen LogP contribution in [0.4, 0.5) is 9.18 Å². The number of urea groups is 1. The van der Waals surface area contributed by atoms with E-state index >= 15 is 0 Å². The van der Waals surface area contributed by atoms with Crippen molar-refractivity contribution in [1.82, 2.24) is 10.2 Å². The number of nitrogens with zero attached hydrogens (tertiary/aromatic N) is 1. The van der Waals surface area contributed by atoms with E-state index in [2.05, 4.69) is 5.32 Å². The van der Waals surface area contributed by atoms with E-state index in [1.807, 2.05) is 0 Å². The average molecular weight is 280 g/mol. The number of hydrogen-bond acceptors (Lipinski definition) is 4. The monoisotopic (exact) mass is 280 g/mol. The number of imide groups is 1. The lowest BCUT2D eigenvalue weighted by molar-refractivity contribution is -0.130. The summed E-state index contributed by atoms with van der Waals surface area (Å²) in [5.41, 5.74) is 0.429. The molecule has 20 heavy (non-hydrogen) atoms. The van der Waals surface area contributed by atoms with Crippen molar-refractivity contribution in [1.29, 1.82) is 0 Å². The van der Waals surface area contributed by atoms with Gasteiger partial charge in [0.1, 0.15) is 5.82 Å². The minimum atomic E-state index is -0.808. The molecular formula is C13H13FN2O4. The Balaban J connectivity index is 1.93. The number of amides is 3. The van der Waals surface area contributed by atoms with Gasteiger partial charge in [0.05, 0.1) is 5.56 Å². The summed E-state index contributed by atoms with van der Waals surface area (Å²) in [6, 6.07) is 3.40. The summed E-state index contributed by atoms with van der Waals surface area (Å²) in [4.78, 5) is 35.5. The lowest BCUT2D eigenvalue weighted by Crippen LogP contribution is -2.37. The van der Waals surface area contributed by atoms with Crippen molar-refractivity contribution < 1.29 is 23.5 Å². The molecule has 1 aromatic carbocycles. The Morgan fingerprint density at radius 3 is 2.80 bits per heavy atom. The predicted octanol–water partition coefficient (Wildman–Crippen LogP) is 0.843. The SMILES string of the molecule is Cc1ccc(C(=O)OCC(=O)N2CCNC2=O)cc1F. The van der Waals surface area contributed by atoms with E-state index in [0.29, 0.717) is 12.1 Å². The molecule has 0 atom stereocenters. The standard InChI is InChI=1S/C13H13FN2O4/c1-8-2-3-9(6-10(8)14)12(18)20-7-11(17)16-5-4-15-13(16)19/h2-3,6H,4-5,7H2,1H3,(H,15,19). The molecule has 3 amide bonds. The van der Waals surface area contributed by atoms with Gasteiger partial charge in [0.15, 0.2) is 6.61 Å². The highest BCUT2D eigenvalue weighted by Crippen LogP contribution is 2.10. The second-order valence-corrected chi connectivity index (χ2v) is 4.32. The van der Waals surface area contributed by atoms with Crippen molar-refractivity contribution in [2.24, 2.45) is 0 Å². The maximum atomic E-state index is 13.3. The molecule has 1 aromatic rings. The average Bonchev–Trinajstić information content (AvgIpc) is 2.85. The lowest BCUT2D eigenvalue weighted by Gasteiger charge is -2.12. The molecule has 1 aliphatic rings. The minimum Gasteiger partial charge on any atom is -0.452 e. The summed E-state index contributed by atoms with van der Waals surface area (Å²) in [6.07, 6.45) is 0. The van der Waals surface area contributed by atoms with Gasteiger partial charge in [-0.05, 0) is 24.6 Å². The summed E-state index contributed by atoms with van der Waals surface area (Å²) in [6.45, 7) is 1.64. The first-order valence-corrected chi connectivity index (χ1v) is 6.00. The molecule has 1 heterocycles. The van der Waals surface area contributed by atoms with Gasteiger partial charge in [0.2, 0.25) is 0 Å². The first kappa shape index (κ1) is 14.0. The van der Waals surface area contributed by atoms with E-state index in [4.69, 9.17) is 4.74 Å². The smallest absolute Gasteiger partial charge is 0.338 e. The Kier molecular flexibility index (Phi) is 3.97. The van der Waals surface area contributed by atoms with Crippen LogP contribution in [0.15, 0.2) is 18.2 Å². The molecule has 0 spiro atoms. The van der Waals surface area contributed by atoms with Crippen molar-refractivity contribution in [3.05, 3.63) is 35.1 Å². The van der Waals surface area contributed by atoms with E-state index in [1.165, 1.54) is 12.1 Å². The first-order valence-electron chi connectivity index (χ1n) is 6.00. The van der Waals surface area contributed by atoms with Crippen LogP contribution in [-0.2, 0) is 9.53 Å². The van der Waals surface area contributed by atoms with Crippen molar-refractivity contribution >= 4 is 17.9 Å². The van der Waals surface area contributed by atoms with Gasteiger partial charge in [-0.2, -0.15) is 0 Å². The molecule has 0 bridgehead atoms. The summed E-state index contributed by atoms with van der Waals surface area (Å²) >= 11 is 0. The Bertz CT molecular complexity index is 573. The van der Waals surface area contributed by atoms with Crippen molar-refractivity contribution in [3.8, 4) is 0 Å². The van der Waals surface area contributed by atoms with Gasteiger partial charge in [-0.1, -0.05) is 6.07 Å². The number of esters is 1. The number of ether oxygens (including phenoxy) is 1. The Labute approximate surface area is 114 Å². The fraction of sp³-hybridized carbons (Fsp3) is 0.308. The van der Waals surface area contributed by atoms with E-state index in [1.54, 1.807) is 6.92 Å². The molecule has 2 rings (SSSR count). The van der Waals surface area contributed by atoms with Crippen molar-refractivity contribution in [2.75, 3.05) is 19.7 Å². The van der Waals surface area contributed by atoms with Gasteiger partial charge in [-0.3, -0.25) is 9.69 Å². The number of nitrogens with one attached hydrogen (secondary N) is 1. The van der Waals surface area contributed by atoms with Crippen LogP contribution >= 0.6 is 0 Å². The molecule has 1 aliphatic heterocycles. The first-order chi connectivity index (χ1) is 9.49. The number of halogens is 1. The molecule has 106 valence electrons. The van der Waals surface area contributed by atoms with Gasteiger partial charge >= 0.3 is 12.0 Å². The van der Waals surface area contributed by atoms with Crippen molar-refractivity contribution in [2.45, 2.75) is 6.92 Å². The Hall–Kier alpha value is -2.44. The zero-order valence-corrected chi connectivity index (χ0v) is 10.8. The number of carbonyl (C=O) groups is 3. The molecule has 0 saturated carbocycles. The molecule has 0 aromatic heterocycles. The summed E-state index contributed by atoms with van der Waals surface area (Å²) in [5.74, 6) is -1.94. The van der Waals surface area contributed by atoms with Gasteiger partial charge in [0, 0.05) is 13.1 Å². The maximum absolute atomic E-state index is 13.3. The molecule has 1 fully saturated rings. The van der Waals surface area contributed by atoms with Crippen LogP contribution in [0.3, 0.4) is 0 Å². The quantitative estimate of drug-likeness (QED) is 0.833. The highest BCUT2D eigenvalue weighted by atomic mass is 19.1. The normalized spacial score (nSPS) is 14.1. The van der Waals surface area contributed by atoms with Crippen molar-refractivity contribution in [3.63, 3.8) is 0 Å². The minimum absolute atomic E-state index is 0.0202. The van der Waals surface area contributed by atoms with Gasteiger partial charge in [-0.25, -0.2) is 14.0 Å². The second-order valence-electron chi connectivity index (χ2n) is 4.32. The summed E-state index contributed by atoms with van der Waals surface area (Å²) in [7, 11) is 0. The van der Waals surface area contributed by atoms with Crippen LogP contribution in [-0.4, -0.2) is 42.5 Å². The Morgan fingerprint density at radius 1 is 1.45 bits per heavy atom. The maximum Gasteiger partial charge on any atom is 0.338 e. The van der Waals surface area contributed by atoms with E-state index in [0.717, 1.165) is 11.0 Å². The number of carbonyl (C=O) groups excluding carboxylic acids is 3. The van der Waals surface area contributed by atoms with Crippen LogP contribution in [0.5, 0.6) is 0 Å². The van der Waals surface area contributed by atoms with Crippen LogP contribution in [0, 0.1) is 12.7 Å². The largest absolute Gasteiger partial charge is 0.452 e. The molecule has 0 radical (unpaired) electrons. The van der Waals surface area contributed by atoms with Crippen LogP contribution < -0.4 is 5.32 Å². The lowest BCUT2D eigenvalue weighted by atomic mass is 10.1. The van der Waals surface area contributed by atoms with Crippen LogP contribution in [0.25, 0.3) is 0 Å². The van der Waals surface area contributed by atoms with Gasteiger partial charge < -0.3 is 10.1 Å². The van der Waals surface area contributed by atoms with E-state index < -0.39 is 30.3 Å². The van der Waals surface area contributed by atoms with Crippen LogP contribution in [0.1, 0.15) is 15.9 Å². The van der Waals surface area contributed by atoms with Gasteiger partial charge in [0.25, 0.3) is 5.91 Å².